The van der Waals surface area contributed by atoms with E-state index in [2.05, 4.69) is 0 Å². The zero-order chi connectivity index (χ0) is 8.55. The van der Waals surface area contributed by atoms with Crippen LogP contribution in [0.15, 0.2) is 18.2 Å². The van der Waals surface area contributed by atoms with Crippen molar-refractivity contribution in [2.24, 2.45) is 0 Å². The maximum atomic E-state index is 9.28. The Morgan fingerprint density at radius 3 is 3.17 bits per heavy atom. The third-order valence-electron chi connectivity index (χ3n) is 1.92. The van der Waals surface area contributed by atoms with Crippen LogP contribution in [0.1, 0.15) is 5.56 Å². The number of aliphatic hydroxyl groups excluding tert-OH is 1. The van der Waals surface area contributed by atoms with Gasteiger partial charge in [0.15, 0.2) is 0 Å². The van der Waals surface area contributed by atoms with Gasteiger partial charge in [-0.15, -0.1) is 0 Å². The van der Waals surface area contributed by atoms with Gasteiger partial charge in [-0.3, -0.25) is 0 Å². The lowest BCUT2D eigenvalue weighted by Gasteiger charge is -2.22. The molecule has 1 unspecified atom stereocenters. The molecule has 1 aliphatic rings. The number of aliphatic hydroxyl groups is 1. The Bertz CT molecular complexity index is 299. The monoisotopic (exact) mass is 184 g/mol. The fraction of sp³-hybridized carbons (Fsp3) is 0.333. The first-order chi connectivity index (χ1) is 5.77. The lowest BCUT2D eigenvalue weighted by Crippen LogP contribution is -2.25. The van der Waals surface area contributed by atoms with Crippen molar-refractivity contribution in [2.45, 2.75) is 12.5 Å². The van der Waals surface area contributed by atoms with E-state index in [-0.39, 0.29) is 0 Å². The number of rotatable bonds is 0. The van der Waals surface area contributed by atoms with E-state index < -0.39 is 6.10 Å². The average Bonchev–Trinajstić information content (AvgIpc) is 2.04. The van der Waals surface area contributed by atoms with Crippen molar-refractivity contribution in [3.05, 3.63) is 28.8 Å². The van der Waals surface area contributed by atoms with E-state index in [1.54, 1.807) is 6.07 Å². The van der Waals surface area contributed by atoms with Crippen molar-refractivity contribution in [1.82, 2.24) is 0 Å². The molecule has 1 aromatic rings. The zero-order valence-corrected chi connectivity index (χ0v) is 7.21. The first kappa shape index (κ1) is 7.90. The van der Waals surface area contributed by atoms with Gasteiger partial charge in [0.2, 0.25) is 0 Å². The summed E-state index contributed by atoms with van der Waals surface area (Å²) >= 11 is 5.88. The number of halogens is 1. The average molecular weight is 185 g/mol. The zero-order valence-electron chi connectivity index (χ0n) is 6.46. The van der Waals surface area contributed by atoms with Crippen molar-refractivity contribution in [2.75, 3.05) is 6.61 Å². The van der Waals surface area contributed by atoms with Crippen LogP contribution < -0.4 is 4.74 Å². The first-order valence-electron chi connectivity index (χ1n) is 3.85. The van der Waals surface area contributed by atoms with E-state index in [0.29, 0.717) is 18.1 Å². The molecule has 0 spiro atoms. The molecule has 0 aliphatic carbocycles. The molecule has 0 radical (unpaired) electrons. The highest BCUT2D eigenvalue weighted by molar-refractivity contribution is 6.32. The van der Waals surface area contributed by atoms with Gasteiger partial charge in [0.05, 0.1) is 11.1 Å². The van der Waals surface area contributed by atoms with Gasteiger partial charge in [0.25, 0.3) is 0 Å². The summed E-state index contributed by atoms with van der Waals surface area (Å²) in [7, 11) is 0. The quantitative estimate of drug-likeness (QED) is 0.664. The van der Waals surface area contributed by atoms with Crippen molar-refractivity contribution >= 4 is 11.6 Å². The van der Waals surface area contributed by atoms with Gasteiger partial charge in [0, 0.05) is 6.42 Å². The predicted octanol–water partition coefficient (Wildman–Crippen LogP) is 1.64. The molecule has 12 heavy (non-hydrogen) atoms. The molecule has 0 saturated carbocycles. The number of fused-ring (bicyclic) bond motifs is 1. The fourth-order valence-corrected chi connectivity index (χ4v) is 1.62. The molecular formula is C9H9ClO2. The molecule has 2 nitrogen and oxygen atoms in total. The second-order valence-electron chi connectivity index (χ2n) is 2.90. The van der Waals surface area contributed by atoms with Crippen LogP contribution in [0, 0.1) is 0 Å². The molecule has 64 valence electrons. The summed E-state index contributed by atoms with van der Waals surface area (Å²) in [5.41, 5.74) is 0.987. The van der Waals surface area contributed by atoms with Gasteiger partial charge in [-0.2, -0.15) is 0 Å². The van der Waals surface area contributed by atoms with E-state index in [1.807, 2.05) is 12.1 Å². The molecule has 1 atom stereocenters. The molecule has 0 bridgehead atoms. The van der Waals surface area contributed by atoms with Crippen LogP contribution in [-0.2, 0) is 6.42 Å². The van der Waals surface area contributed by atoms with Crippen LogP contribution in [0.3, 0.4) is 0 Å². The Labute approximate surface area is 75.7 Å². The Hall–Kier alpha value is -0.730. The number of hydrogen-bond acceptors (Lipinski definition) is 2. The Balaban J connectivity index is 2.42. The molecule has 0 aromatic heterocycles. The van der Waals surface area contributed by atoms with Crippen molar-refractivity contribution in [1.29, 1.82) is 0 Å². The topological polar surface area (TPSA) is 29.5 Å². The molecule has 0 amide bonds. The molecule has 3 heteroatoms. The summed E-state index contributed by atoms with van der Waals surface area (Å²) in [5, 5.41) is 9.90. The van der Waals surface area contributed by atoms with Crippen molar-refractivity contribution in [3.63, 3.8) is 0 Å². The van der Waals surface area contributed by atoms with Crippen molar-refractivity contribution in [3.8, 4) is 5.75 Å². The van der Waals surface area contributed by atoms with E-state index in [4.69, 9.17) is 16.3 Å². The molecule has 1 heterocycles. The molecule has 1 aliphatic heterocycles. The Morgan fingerprint density at radius 2 is 2.33 bits per heavy atom. The molecule has 0 saturated heterocycles. The maximum absolute atomic E-state index is 9.28. The molecule has 1 aromatic carbocycles. The van der Waals surface area contributed by atoms with Gasteiger partial charge >= 0.3 is 0 Å². The lowest BCUT2D eigenvalue weighted by molar-refractivity contribution is 0.0922. The summed E-state index contributed by atoms with van der Waals surface area (Å²) in [6.45, 7) is 0.344. The third kappa shape index (κ3) is 1.28. The Morgan fingerprint density at radius 1 is 1.50 bits per heavy atom. The van der Waals surface area contributed by atoms with E-state index in [1.165, 1.54) is 0 Å². The second-order valence-corrected chi connectivity index (χ2v) is 3.30. The second kappa shape index (κ2) is 2.96. The highest BCUT2D eigenvalue weighted by Gasteiger charge is 2.18. The van der Waals surface area contributed by atoms with Crippen LogP contribution in [0.5, 0.6) is 5.75 Å². The minimum Gasteiger partial charge on any atom is -0.489 e. The summed E-state index contributed by atoms with van der Waals surface area (Å²) in [6.07, 6.45) is 0.242. The molecular weight excluding hydrogens is 176 g/mol. The summed E-state index contributed by atoms with van der Waals surface area (Å²) in [5.74, 6) is 0.726. The summed E-state index contributed by atoms with van der Waals surface area (Å²) < 4.78 is 5.28. The van der Waals surface area contributed by atoms with E-state index in [9.17, 15) is 5.11 Å². The largest absolute Gasteiger partial charge is 0.489 e. The lowest BCUT2D eigenvalue weighted by atomic mass is 10.1. The number of benzene rings is 1. The minimum absolute atomic E-state index is 0.344. The Kier molecular flexibility index (Phi) is 1.95. The van der Waals surface area contributed by atoms with Crippen molar-refractivity contribution < 1.29 is 9.84 Å². The van der Waals surface area contributed by atoms with Crippen LogP contribution >= 0.6 is 11.6 Å². The normalized spacial score (nSPS) is 21.3. The number of ether oxygens (including phenoxy) is 1. The summed E-state index contributed by atoms with van der Waals surface area (Å²) in [4.78, 5) is 0. The molecule has 2 rings (SSSR count). The van der Waals surface area contributed by atoms with Gasteiger partial charge in [-0.05, 0) is 11.6 Å². The molecule has 1 N–H and O–H groups in total. The SMILES string of the molecule is OC1COc2c(Cl)cccc2C1. The standard InChI is InChI=1S/C9H9ClO2/c10-8-3-1-2-6-4-7(11)5-12-9(6)8/h1-3,7,11H,4-5H2. The number of hydrogen-bond donors (Lipinski definition) is 1. The van der Waals surface area contributed by atoms with E-state index >= 15 is 0 Å². The van der Waals surface area contributed by atoms with Gasteiger partial charge in [0.1, 0.15) is 12.4 Å². The van der Waals surface area contributed by atoms with Crippen LogP contribution in [0.25, 0.3) is 0 Å². The first-order valence-corrected chi connectivity index (χ1v) is 4.23. The van der Waals surface area contributed by atoms with Gasteiger partial charge < -0.3 is 9.84 Å². The smallest absolute Gasteiger partial charge is 0.141 e. The van der Waals surface area contributed by atoms with E-state index in [0.717, 1.165) is 11.3 Å². The maximum Gasteiger partial charge on any atom is 0.141 e. The molecule has 0 fully saturated rings. The van der Waals surface area contributed by atoms with Gasteiger partial charge in [-0.25, -0.2) is 0 Å². The fourth-order valence-electron chi connectivity index (χ4n) is 1.37. The van der Waals surface area contributed by atoms with Gasteiger partial charge in [-0.1, -0.05) is 23.7 Å². The third-order valence-corrected chi connectivity index (χ3v) is 2.22. The highest BCUT2D eigenvalue weighted by atomic mass is 35.5. The number of para-hydroxylation sites is 1. The minimum atomic E-state index is -0.393. The van der Waals surface area contributed by atoms with Crippen LogP contribution in [0.4, 0.5) is 0 Å². The predicted molar refractivity (Wildman–Crippen MR) is 46.7 cm³/mol. The van der Waals surface area contributed by atoms with Crippen LogP contribution in [-0.4, -0.2) is 17.8 Å². The highest BCUT2D eigenvalue weighted by Crippen LogP contribution is 2.32. The van der Waals surface area contributed by atoms with Crippen LogP contribution in [0.2, 0.25) is 5.02 Å². The summed E-state index contributed by atoms with van der Waals surface area (Å²) in [6, 6.07) is 5.57.